The van der Waals surface area contributed by atoms with Crippen molar-refractivity contribution in [3.63, 3.8) is 0 Å². The Morgan fingerprint density at radius 2 is 1.70 bits per heavy atom. The summed E-state index contributed by atoms with van der Waals surface area (Å²) in [4.78, 5) is 2.39. The van der Waals surface area contributed by atoms with E-state index in [-0.39, 0.29) is 0 Å². The number of nitrogens with zero attached hydrogens (tertiary/aromatic N) is 1. The van der Waals surface area contributed by atoms with E-state index in [4.69, 9.17) is 5.73 Å². The monoisotopic (exact) mass is 299 g/mol. The molecule has 0 amide bonds. The second kappa shape index (κ2) is 7.17. The van der Waals surface area contributed by atoms with Crippen LogP contribution in [-0.2, 0) is 10.0 Å². The van der Waals surface area contributed by atoms with Crippen LogP contribution in [0.3, 0.4) is 0 Å². The molecule has 0 spiro atoms. The largest absolute Gasteiger partial charge is 0.329 e. The smallest absolute Gasteiger partial charge is 0.241 e. The van der Waals surface area contributed by atoms with Crippen molar-refractivity contribution in [3.05, 3.63) is 28.8 Å². The minimum atomic E-state index is -3.46. The van der Waals surface area contributed by atoms with Crippen molar-refractivity contribution < 1.29 is 8.42 Å². The molecule has 0 saturated carbocycles. The molecule has 1 rings (SSSR count). The molecule has 0 fully saturated rings. The molecule has 1 aromatic rings. The molecule has 0 aliphatic carbocycles. The van der Waals surface area contributed by atoms with Gasteiger partial charge in [0.25, 0.3) is 0 Å². The first-order chi connectivity index (χ1) is 9.27. The lowest BCUT2D eigenvalue weighted by molar-refractivity contribution is 0.348. The second-order valence-corrected chi connectivity index (χ2v) is 6.92. The number of benzene rings is 1. The van der Waals surface area contributed by atoms with Gasteiger partial charge in [0.2, 0.25) is 10.0 Å². The Hall–Kier alpha value is -0.950. The molecule has 3 N–H and O–H groups in total. The number of hydrogen-bond acceptors (Lipinski definition) is 4. The molecular formula is C14H25N3O2S. The third kappa shape index (κ3) is 4.56. The van der Waals surface area contributed by atoms with E-state index in [1.807, 2.05) is 44.9 Å². The lowest BCUT2D eigenvalue weighted by Crippen LogP contribution is -2.35. The van der Waals surface area contributed by atoms with Gasteiger partial charge in [-0.15, -0.1) is 0 Å². The number of likely N-dealkylation sites (N-methyl/N-ethyl adjacent to an activating group) is 1. The van der Waals surface area contributed by atoms with Crippen LogP contribution in [0.25, 0.3) is 0 Å². The Morgan fingerprint density at radius 3 is 2.20 bits per heavy atom. The molecule has 114 valence electrons. The van der Waals surface area contributed by atoms with Crippen molar-refractivity contribution in [2.24, 2.45) is 5.73 Å². The minimum Gasteiger partial charge on any atom is -0.329 e. The Morgan fingerprint density at radius 1 is 1.15 bits per heavy atom. The maximum absolute atomic E-state index is 12.4. The number of hydrogen-bond donors (Lipinski definition) is 2. The van der Waals surface area contributed by atoms with Crippen molar-refractivity contribution in [1.29, 1.82) is 0 Å². The standard InChI is InChI=1S/C14H25N3O2S/c1-11-9-12(2)14(13(3)10-11)20(18,19)16-6-8-17(4)7-5-15/h9-10,16H,5-8,15H2,1-4H3. The van der Waals surface area contributed by atoms with Gasteiger partial charge in [0.15, 0.2) is 0 Å². The van der Waals surface area contributed by atoms with Gasteiger partial charge in [0, 0.05) is 26.2 Å². The summed E-state index contributed by atoms with van der Waals surface area (Å²) in [5.74, 6) is 0. The first kappa shape index (κ1) is 17.1. The molecule has 0 aromatic heterocycles. The van der Waals surface area contributed by atoms with E-state index in [1.165, 1.54) is 0 Å². The van der Waals surface area contributed by atoms with Gasteiger partial charge in [-0.05, 0) is 38.9 Å². The van der Waals surface area contributed by atoms with Crippen LogP contribution in [-0.4, -0.2) is 46.5 Å². The Labute approximate surface area is 122 Å². The van der Waals surface area contributed by atoms with Gasteiger partial charge in [0.05, 0.1) is 4.90 Å². The van der Waals surface area contributed by atoms with E-state index in [0.717, 1.165) is 23.2 Å². The van der Waals surface area contributed by atoms with Crippen LogP contribution in [0.1, 0.15) is 16.7 Å². The Bertz CT molecular complexity index is 533. The fourth-order valence-electron chi connectivity index (χ4n) is 2.37. The van der Waals surface area contributed by atoms with E-state index in [0.29, 0.717) is 24.5 Å². The lowest BCUT2D eigenvalue weighted by atomic mass is 10.1. The van der Waals surface area contributed by atoms with Crippen molar-refractivity contribution in [3.8, 4) is 0 Å². The maximum Gasteiger partial charge on any atom is 0.241 e. The summed E-state index contributed by atoms with van der Waals surface area (Å²) < 4.78 is 27.4. The molecule has 0 atom stereocenters. The first-order valence-corrected chi connectivity index (χ1v) is 8.22. The van der Waals surface area contributed by atoms with E-state index in [2.05, 4.69) is 4.72 Å². The van der Waals surface area contributed by atoms with Gasteiger partial charge in [-0.1, -0.05) is 17.7 Å². The average molecular weight is 299 g/mol. The topological polar surface area (TPSA) is 75.4 Å². The fourth-order valence-corrected chi connectivity index (χ4v) is 3.84. The Kier molecular flexibility index (Phi) is 6.13. The zero-order chi connectivity index (χ0) is 15.3. The minimum absolute atomic E-state index is 0.381. The van der Waals surface area contributed by atoms with Gasteiger partial charge < -0.3 is 10.6 Å². The highest BCUT2D eigenvalue weighted by molar-refractivity contribution is 7.89. The number of sulfonamides is 1. The predicted octanol–water partition coefficient (Wildman–Crippen LogP) is 0.781. The third-order valence-electron chi connectivity index (χ3n) is 3.17. The first-order valence-electron chi connectivity index (χ1n) is 6.74. The molecule has 0 radical (unpaired) electrons. The number of rotatable bonds is 7. The second-order valence-electron chi connectivity index (χ2n) is 5.22. The van der Waals surface area contributed by atoms with E-state index >= 15 is 0 Å². The molecule has 0 saturated heterocycles. The SMILES string of the molecule is Cc1cc(C)c(S(=O)(=O)NCCN(C)CCN)c(C)c1. The molecule has 5 nitrogen and oxygen atoms in total. The zero-order valence-corrected chi connectivity index (χ0v) is 13.5. The quantitative estimate of drug-likeness (QED) is 0.780. The summed E-state index contributed by atoms with van der Waals surface area (Å²) in [5.41, 5.74) is 8.09. The van der Waals surface area contributed by atoms with Crippen LogP contribution < -0.4 is 10.5 Å². The highest BCUT2D eigenvalue weighted by Crippen LogP contribution is 2.21. The predicted molar refractivity (Wildman–Crippen MR) is 82.4 cm³/mol. The van der Waals surface area contributed by atoms with Crippen molar-refractivity contribution in [1.82, 2.24) is 9.62 Å². The van der Waals surface area contributed by atoms with Crippen molar-refractivity contribution >= 4 is 10.0 Å². The van der Waals surface area contributed by atoms with E-state index < -0.39 is 10.0 Å². The van der Waals surface area contributed by atoms with Gasteiger partial charge in [0.1, 0.15) is 0 Å². The number of nitrogens with two attached hydrogens (primary N) is 1. The third-order valence-corrected chi connectivity index (χ3v) is 4.94. The van der Waals surface area contributed by atoms with Gasteiger partial charge in [-0.3, -0.25) is 0 Å². The van der Waals surface area contributed by atoms with E-state index in [9.17, 15) is 8.42 Å². The van der Waals surface area contributed by atoms with Crippen LogP contribution in [0.15, 0.2) is 17.0 Å². The van der Waals surface area contributed by atoms with Crippen LogP contribution in [0, 0.1) is 20.8 Å². The highest BCUT2D eigenvalue weighted by Gasteiger charge is 2.19. The number of nitrogens with one attached hydrogen (secondary N) is 1. The number of aryl methyl sites for hydroxylation is 3. The van der Waals surface area contributed by atoms with Gasteiger partial charge in [-0.25, -0.2) is 13.1 Å². The average Bonchev–Trinajstić information content (AvgIpc) is 2.26. The summed E-state index contributed by atoms with van der Waals surface area (Å²) in [6, 6.07) is 3.78. The van der Waals surface area contributed by atoms with Gasteiger partial charge in [-0.2, -0.15) is 0 Å². The fraction of sp³-hybridized carbons (Fsp3) is 0.571. The molecule has 0 unspecified atom stereocenters. The molecule has 0 aliphatic heterocycles. The van der Waals surface area contributed by atoms with E-state index in [1.54, 1.807) is 0 Å². The lowest BCUT2D eigenvalue weighted by Gasteiger charge is -2.17. The molecule has 0 heterocycles. The summed E-state index contributed by atoms with van der Waals surface area (Å²) in [7, 11) is -1.54. The molecule has 0 aliphatic rings. The summed E-state index contributed by atoms with van der Waals surface area (Å²) in [6.07, 6.45) is 0. The van der Waals surface area contributed by atoms with Crippen LogP contribution in [0.5, 0.6) is 0 Å². The summed E-state index contributed by atoms with van der Waals surface area (Å²) >= 11 is 0. The Balaban J connectivity index is 2.80. The highest BCUT2D eigenvalue weighted by atomic mass is 32.2. The maximum atomic E-state index is 12.4. The normalized spacial score (nSPS) is 12.1. The summed E-state index contributed by atoms with van der Waals surface area (Å²) in [6.45, 7) is 7.96. The van der Waals surface area contributed by atoms with Crippen molar-refractivity contribution in [2.75, 3.05) is 33.2 Å². The molecule has 1 aromatic carbocycles. The molecular weight excluding hydrogens is 274 g/mol. The zero-order valence-electron chi connectivity index (χ0n) is 12.7. The van der Waals surface area contributed by atoms with Crippen LogP contribution in [0.2, 0.25) is 0 Å². The molecule has 20 heavy (non-hydrogen) atoms. The molecule has 6 heteroatoms. The molecule has 0 bridgehead atoms. The van der Waals surface area contributed by atoms with Crippen LogP contribution in [0.4, 0.5) is 0 Å². The van der Waals surface area contributed by atoms with Crippen LogP contribution >= 0.6 is 0 Å². The van der Waals surface area contributed by atoms with Gasteiger partial charge >= 0.3 is 0 Å². The van der Waals surface area contributed by atoms with Crippen molar-refractivity contribution in [2.45, 2.75) is 25.7 Å². The summed E-state index contributed by atoms with van der Waals surface area (Å²) in [5, 5.41) is 0.